The van der Waals surface area contributed by atoms with Gasteiger partial charge in [-0.15, -0.1) is 22.7 Å². The van der Waals surface area contributed by atoms with E-state index in [2.05, 4.69) is 0 Å². The van der Waals surface area contributed by atoms with Crippen molar-refractivity contribution in [2.75, 3.05) is 6.61 Å². The molecule has 1 aliphatic heterocycles. The van der Waals surface area contributed by atoms with Gasteiger partial charge in [-0.25, -0.2) is 0 Å². The molecule has 3 aromatic rings. The summed E-state index contributed by atoms with van der Waals surface area (Å²) in [5.74, 6) is -1.15. The lowest BCUT2D eigenvalue weighted by Crippen LogP contribution is -2.28. The number of carbonyl (C=O) groups excluding carboxylic acids is 2. The fourth-order valence-corrected chi connectivity index (χ4v) is 5.15. The number of nitrogens with zero attached hydrogens (tertiary/aromatic N) is 1. The Balaban J connectivity index is 1.83. The summed E-state index contributed by atoms with van der Waals surface area (Å²) in [4.78, 5) is 29.2. The highest BCUT2D eigenvalue weighted by Crippen LogP contribution is 2.42. The number of amides is 1. The second-order valence-electron chi connectivity index (χ2n) is 6.60. The molecule has 1 atom stereocenters. The van der Waals surface area contributed by atoms with Gasteiger partial charge in [-0.05, 0) is 48.0 Å². The van der Waals surface area contributed by atoms with Gasteiger partial charge in [0, 0.05) is 15.3 Å². The van der Waals surface area contributed by atoms with E-state index in [1.807, 2.05) is 41.9 Å². The molecule has 1 aliphatic rings. The van der Waals surface area contributed by atoms with Crippen LogP contribution in [-0.2, 0) is 16.1 Å². The van der Waals surface area contributed by atoms with Gasteiger partial charge in [-0.2, -0.15) is 0 Å². The van der Waals surface area contributed by atoms with Crippen molar-refractivity contribution in [2.24, 2.45) is 0 Å². The summed E-state index contributed by atoms with van der Waals surface area (Å²) in [6.07, 6.45) is 0. The van der Waals surface area contributed by atoms with Crippen molar-refractivity contribution >= 4 is 51.7 Å². The van der Waals surface area contributed by atoms with Crippen LogP contribution in [0.25, 0.3) is 5.76 Å². The number of carbonyl (C=O) groups is 2. The van der Waals surface area contributed by atoms with E-state index in [4.69, 9.17) is 16.3 Å². The highest BCUT2D eigenvalue weighted by atomic mass is 35.5. The van der Waals surface area contributed by atoms with Crippen LogP contribution in [0, 0.1) is 0 Å². The molecule has 1 N–H and O–H groups in total. The third kappa shape index (κ3) is 3.76. The quantitative estimate of drug-likeness (QED) is 0.301. The summed E-state index contributed by atoms with van der Waals surface area (Å²) in [5.41, 5.74) is 0.447. The van der Waals surface area contributed by atoms with Crippen LogP contribution in [0.15, 0.2) is 58.8 Å². The molecular weight excluding hydrogens is 442 g/mol. The molecule has 1 amide bonds. The molecule has 8 heteroatoms. The number of likely N-dealkylation sites (tertiary alicyclic amines) is 1. The summed E-state index contributed by atoms with van der Waals surface area (Å²) in [6.45, 7) is 2.53. The van der Waals surface area contributed by atoms with Crippen molar-refractivity contribution in [3.05, 3.63) is 79.1 Å². The van der Waals surface area contributed by atoms with Gasteiger partial charge >= 0.3 is 0 Å². The molecule has 154 valence electrons. The lowest BCUT2D eigenvalue weighted by Gasteiger charge is -2.23. The monoisotopic (exact) mass is 459 g/mol. The van der Waals surface area contributed by atoms with Crippen LogP contribution in [0.1, 0.15) is 28.3 Å². The number of hydrogen-bond donors (Lipinski definition) is 1. The Labute approximate surface area is 186 Å². The smallest absolute Gasteiger partial charge is 0.296 e. The number of benzene rings is 1. The van der Waals surface area contributed by atoms with Gasteiger partial charge in [0.05, 0.1) is 23.7 Å². The Hall–Kier alpha value is -2.61. The van der Waals surface area contributed by atoms with Gasteiger partial charge in [-0.1, -0.05) is 23.7 Å². The zero-order valence-electron chi connectivity index (χ0n) is 16.0. The lowest BCUT2D eigenvalue weighted by molar-refractivity contribution is -0.140. The van der Waals surface area contributed by atoms with E-state index in [1.165, 1.54) is 27.6 Å². The van der Waals surface area contributed by atoms with Gasteiger partial charge < -0.3 is 14.7 Å². The highest BCUT2D eigenvalue weighted by molar-refractivity contribution is 7.10. The molecule has 0 bridgehead atoms. The van der Waals surface area contributed by atoms with Crippen LogP contribution in [0.2, 0.25) is 5.02 Å². The number of hydrogen-bond acceptors (Lipinski definition) is 6. The fraction of sp³-hybridized carbons (Fsp3) is 0.182. The predicted molar refractivity (Wildman–Crippen MR) is 119 cm³/mol. The minimum atomic E-state index is -0.699. The molecule has 5 nitrogen and oxygen atoms in total. The van der Waals surface area contributed by atoms with E-state index >= 15 is 0 Å². The number of rotatable bonds is 6. The molecule has 0 spiro atoms. The van der Waals surface area contributed by atoms with E-state index in [-0.39, 0.29) is 11.3 Å². The number of aliphatic hydroxyl groups excluding tert-OH is 1. The summed E-state index contributed by atoms with van der Waals surface area (Å²) in [5, 5.41) is 15.3. The second-order valence-corrected chi connectivity index (χ2v) is 9.02. The largest absolute Gasteiger partial charge is 0.507 e. The molecule has 1 aromatic carbocycles. The molecule has 1 fully saturated rings. The Morgan fingerprint density at radius 2 is 1.93 bits per heavy atom. The molecule has 4 rings (SSSR count). The maximum absolute atomic E-state index is 13.0. The zero-order valence-corrected chi connectivity index (χ0v) is 18.4. The van der Waals surface area contributed by atoms with Crippen molar-refractivity contribution in [2.45, 2.75) is 19.5 Å². The van der Waals surface area contributed by atoms with Crippen molar-refractivity contribution in [1.82, 2.24) is 4.90 Å². The molecule has 1 unspecified atom stereocenters. The summed E-state index contributed by atoms with van der Waals surface area (Å²) in [7, 11) is 0. The van der Waals surface area contributed by atoms with Crippen molar-refractivity contribution < 1.29 is 19.4 Å². The van der Waals surface area contributed by atoms with E-state index < -0.39 is 17.7 Å². The van der Waals surface area contributed by atoms with Crippen molar-refractivity contribution in [1.29, 1.82) is 0 Å². The summed E-state index contributed by atoms with van der Waals surface area (Å²) >= 11 is 9.11. The third-order valence-electron chi connectivity index (χ3n) is 4.76. The Kier molecular flexibility index (Phi) is 5.94. The number of halogens is 1. The SMILES string of the molecule is CCOc1cc(/C(O)=C2/C(=O)C(=O)N(Cc3cccs3)C2c2cccs2)ccc1Cl. The predicted octanol–water partition coefficient (Wildman–Crippen LogP) is 5.48. The molecule has 0 radical (unpaired) electrons. The minimum absolute atomic E-state index is 0.0729. The first-order valence-electron chi connectivity index (χ1n) is 9.28. The molecule has 3 heterocycles. The molecule has 1 saturated heterocycles. The van der Waals surface area contributed by atoms with Crippen LogP contribution in [-0.4, -0.2) is 28.3 Å². The maximum atomic E-state index is 13.0. The van der Waals surface area contributed by atoms with Gasteiger partial charge in [0.1, 0.15) is 17.6 Å². The molecular formula is C22H18ClNO4S2. The van der Waals surface area contributed by atoms with Gasteiger partial charge in [0.25, 0.3) is 11.7 Å². The first-order valence-corrected chi connectivity index (χ1v) is 11.4. The average Bonchev–Trinajstić information content (AvgIpc) is 3.48. The van der Waals surface area contributed by atoms with Crippen LogP contribution in [0.5, 0.6) is 5.75 Å². The van der Waals surface area contributed by atoms with Gasteiger partial charge in [0.15, 0.2) is 0 Å². The van der Waals surface area contributed by atoms with E-state index in [0.29, 0.717) is 29.5 Å². The summed E-state index contributed by atoms with van der Waals surface area (Å²) in [6, 6.07) is 11.7. The topological polar surface area (TPSA) is 66.8 Å². The van der Waals surface area contributed by atoms with E-state index in [9.17, 15) is 14.7 Å². The van der Waals surface area contributed by atoms with E-state index in [1.54, 1.807) is 18.2 Å². The van der Waals surface area contributed by atoms with Crippen LogP contribution < -0.4 is 4.74 Å². The number of ketones is 1. The number of thiophene rings is 2. The highest BCUT2D eigenvalue weighted by Gasteiger charge is 2.46. The van der Waals surface area contributed by atoms with Crippen LogP contribution in [0.4, 0.5) is 0 Å². The molecule has 0 saturated carbocycles. The number of ether oxygens (including phenoxy) is 1. The minimum Gasteiger partial charge on any atom is -0.507 e. The third-order valence-corrected chi connectivity index (χ3v) is 6.86. The zero-order chi connectivity index (χ0) is 21.3. The van der Waals surface area contributed by atoms with Crippen LogP contribution in [0.3, 0.4) is 0 Å². The molecule has 30 heavy (non-hydrogen) atoms. The normalized spacial score (nSPS) is 18.2. The first-order chi connectivity index (χ1) is 14.5. The van der Waals surface area contributed by atoms with Crippen molar-refractivity contribution in [3.8, 4) is 5.75 Å². The van der Waals surface area contributed by atoms with E-state index in [0.717, 1.165) is 9.75 Å². The first kappa shape index (κ1) is 20.7. The number of aliphatic hydroxyl groups is 1. The average molecular weight is 460 g/mol. The molecule has 2 aromatic heterocycles. The Morgan fingerprint density at radius 1 is 1.17 bits per heavy atom. The van der Waals surface area contributed by atoms with Gasteiger partial charge in [-0.3, -0.25) is 9.59 Å². The van der Waals surface area contributed by atoms with Gasteiger partial charge in [0.2, 0.25) is 0 Å². The fourth-order valence-electron chi connectivity index (χ4n) is 3.43. The molecule has 0 aliphatic carbocycles. The summed E-state index contributed by atoms with van der Waals surface area (Å²) < 4.78 is 5.50. The van der Waals surface area contributed by atoms with Crippen molar-refractivity contribution in [3.63, 3.8) is 0 Å². The Bertz CT molecular complexity index is 1110. The maximum Gasteiger partial charge on any atom is 0.296 e. The van der Waals surface area contributed by atoms with Crippen LogP contribution >= 0.6 is 34.3 Å². The standard InChI is InChI=1S/C22H18ClNO4S2/c1-2-28-16-11-13(7-8-15(16)23)20(25)18-19(17-6-4-10-30-17)24(22(27)21(18)26)12-14-5-3-9-29-14/h3-11,19,25H,2,12H2,1H3/b20-18-. The lowest BCUT2D eigenvalue weighted by atomic mass is 9.99. The Morgan fingerprint density at radius 3 is 2.60 bits per heavy atom. The second kappa shape index (κ2) is 8.63. The number of Topliss-reactive ketones (excluding diaryl/α,β-unsaturated/α-hetero) is 1.